The molecule has 0 fully saturated rings. The first-order valence-electron chi connectivity index (χ1n) is 12.6. The molecule has 0 aliphatic rings. The van der Waals surface area contributed by atoms with Crippen molar-refractivity contribution in [2.45, 2.75) is 58.1 Å². The van der Waals surface area contributed by atoms with Crippen LogP contribution in [0.25, 0.3) is 0 Å². The monoisotopic (exact) mass is 520 g/mol. The second-order valence-corrected chi connectivity index (χ2v) is 9.78. The number of hydrazine groups is 1. The molecular weight excluding hydrogens is 484 g/mol. The van der Waals surface area contributed by atoms with E-state index in [0.717, 1.165) is 11.1 Å². The van der Waals surface area contributed by atoms with Crippen LogP contribution >= 0.6 is 0 Å². The van der Waals surface area contributed by atoms with E-state index in [9.17, 15) is 14.7 Å². The van der Waals surface area contributed by atoms with E-state index in [2.05, 4.69) is 15.7 Å². The lowest BCUT2D eigenvalue weighted by atomic mass is 10.0. The van der Waals surface area contributed by atoms with E-state index in [0.29, 0.717) is 24.9 Å². The van der Waals surface area contributed by atoms with Crippen molar-refractivity contribution in [3.63, 3.8) is 0 Å². The van der Waals surface area contributed by atoms with Crippen LogP contribution in [-0.4, -0.2) is 39.4 Å². The van der Waals surface area contributed by atoms with E-state index in [1.807, 2.05) is 54.6 Å². The molecule has 202 valence electrons. The lowest BCUT2D eigenvalue weighted by Gasteiger charge is -2.30. The van der Waals surface area contributed by atoms with E-state index < -0.39 is 24.0 Å². The normalized spacial score (nSPS) is 12.9. The lowest BCUT2D eigenvalue weighted by Crippen LogP contribution is -2.47. The van der Waals surface area contributed by atoms with Gasteiger partial charge in [-0.2, -0.15) is 5.01 Å². The van der Waals surface area contributed by atoms with Crippen LogP contribution in [0.1, 0.15) is 62.6 Å². The highest BCUT2D eigenvalue weighted by Crippen LogP contribution is 2.22. The molecule has 1 aromatic heterocycles. The number of rotatable bonds is 11. The van der Waals surface area contributed by atoms with E-state index >= 15 is 0 Å². The van der Waals surface area contributed by atoms with Gasteiger partial charge in [-0.1, -0.05) is 66.7 Å². The molecule has 2 unspecified atom stereocenters. The predicted molar refractivity (Wildman–Crippen MR) is 143 cm³/mol. The van der Waals surface area contributed by atoms with Crippen molar-refractivity contribution in [2.24, 2.45) is 0 Å². The van der Waals surface area contributed by atoms with E-state index in [-0.39, 0.29) is 12.6 Å². The molecule has 9 heteroatoms. The maximum atomic E-state index is 12.6. The number of hydrogen-bond donors (Lipinski definition) is 3. The van der Waals surface area contributed by atoms with Gasteiger partial charge in [0.2, 0.25) is 0 Å². The van der Waals surface area contributed by atoms with Gasteiger partial charge in [-0.05, 0) is 50.8 Å². The molecule has 0 radical (unpaired) electrons. The van der Waals surface area contributed by atoms with Crippen LogP contribution in [-0.2, 0) is 16.1 Å². The van der Waals surface area contributed by atoms with Gasteiger partial charge in [-0.3, -0.25) is 10.4 Å². The Morgan fingerprint density at radius 2 is 1.61 bits per heavy atom. The second kappa shape index (κ2) is 14.1. The van der Waals surface area contributed by atoms with Crippen LogP contribution in [0.3, 0.4) is 0 Å². The topological polar surface area (TPSA) is 113 Å². The third-order valence-electron chi connectivity index (χ3n) is 5.51. The van der Waals surface area contributed by atoms with Crippen LogP contribution in [0.4, 0.5) is 9.59 Å². The maximum absolute atomic E-state index is 12.6. The molecule has 0 bridgehead atoms. The van der Waals surface area contributed by atoms with Crippen molar-refractivity contribution in [3.05, 3.63) is 102 Å². The molecule has 9 nitrogen and oxygen atoms in total. The summed E-state index contributed by atoms with van der Waals surface area (Å²) in [7, 11) is 0. The summed E-state index contributed by atoms with van der Waals surface area (Å²) in [6.45, 7) is 5.72. The molecule has 0 saturated carbocycles. The summed E-state index contributed by atoms with van der Waals surface area (Å²) in [5.41, 5.74) is 4.31. The zero-order valence-electron chi connectivity index (χ0n) is 22.0. The molecule has 3 N–H and O–H groups in total. The molecule has 0 saturated heterocycles. The molecular formula is C29H36N4O5. The first-order valence-corrected chi connectivity index (χ1v) is 12.6. The maximum Gasteiger partial charge on any atom is 0.422 e. The number of nitrogens with zero attached hydrogens (tertiary/aromatic N) is 2. The number of aromatic nitrogens is 1. The van der Waals surface area contributed by atoms with Crippen LogP contribution in [0.15, 0.2) is 85.2 Å². The van der Waals surface area contributed by atoms with Gasteiger partial charge >= 0.3 is 12.2 Å². The Labute approximate surface area is 223 Å². The summed E-state index contributed by atoms with van der Waals surface area (Å²) in [4.78, 5) is 29.1. The number of ether oxygens (including phenoxy) is 2. The fourth-order valence-corrected chi connectivity index (χ4v) is 3.75. The molecule has 0 spiro atoms. The molecule has 3 aromatic rings. The summed E-state index contributed by atoms with van der Waals surface area (Å²) in [6.07, 6.45) is 2.07. The Hall–Kier alpha value is -3.95. The van der Waals surface area contributed by atoms with Crippen molar-refractivity contribution < 1.29 is 24.2 Å². The fraction of sp³-hybridized carbons (Fsp3) is 0.345. The smallest absolute Gasteiger partial charge is 0.422 e. The molecule has 2 atom stereocenters. The van der Waals surface area contributed by atoms with Gasteiger partial charge in [0.25, 0.3) is 0 Å². The molecule has 0 aliphatic carbocycles. The minimum absolute atomic E-state index is 0.109. The Bertz CT molecular complexity index is 1120. The quantitative estimate of drug-likeness (QED) is 0.233. The molecule has 0 aliphatic heterocycles. The molecule has 38 heavy (non-hydrogen) atoms. The highest BCUT2D eigenvalue weighted by atomic mass is 16.6. The number of amides is 2. The lowest BCUT2D eigenvalue weighted by molar-refractivity contribution is -0.0448. The van der Waals surface area contributed by atoms with Gasteiger partial charge in [0, 0.05) is 24.5 Å². The number of carbonyl (C=O) groups is 2. The molecule has 2 aromatic carbocycles. The number of nitrogens with one attached hydrogen (secondary N) is 2. The van der Waals surface area contributed by atoms with Gasteiger partial charge in [0.05, 0.1) is 6.04 Å². The van der Waals surface area contributed by atoms with E-state index in [1.165, 1.54) is 5.01 Å². The molecule has 3 rings (SSSR count). The first kappa shape index (κ1) is 28.6. The first-order chi connectivity index (χ1) is 18.2. The Kier molecular flexibility index (Phi) is 10.6. The van der Waals surface area contributed by atoms with Gasteiger partial charge in [-0.15, -0.1) is 0 Å². The SMILES string of the molecule is CC(C)(C)OC(=O)NN(CCCC(NC(=O)OCc1cccnc1)c1ccccc1)C(O)c1ccccc1. The number of benzene rings is 2. The average Bonchev–Trinajstić information content (AvgIpc) is 2.91. The largest absolute Gasteiger partial charge is 0.445 e. The van der Waals surface area contributed by atoms with Crippen molar-refractivity contribution in [2.75, 3.05) is 6.54 Å². The summed E-state index contributed by atoms with van der Waals surface area (Å²) in [6, 6.07) is 21.9. The highest BCUT2D eigenvalue weighted by Gasteiger charge is 2.24. The third kappa shape index (κ3) is 9.84. The number of alkyl carbamates (subject to hydrolysis) is 1. The van der Waals surface area contributed by atoms with Crippen LogP contribution < -0.4 is 10.7 Å². The van der Waals surface area contributed by atoms with Gasteiger partial charge in [-0.25, -0.2) is 9.59 Å². The number of aliphatic hydroxyl groups is 1. The van der Waals surface area contributed by atoms with Crippen molar-refractivity contribution in [1.82, 2.24) is 20.7 Å². The summed E-state index contributed by atoms with van der Waals surface area (Å²) in [5.74, 6) is 0. The number of hydrogen-bond acceptors (Lipinski definition) is 7. The zero-order chi connectivity index (χ0) is 27.4. The summed E-state index contributed by atoms with van der Waals surface area (Å²) in [5, 5.41) is 15.4. The van der Waals surface area contributed by atoms with Gasteiger partial charge in [0.15, 0.2) is 0 Å². The highest BCUT2D eigenvalue weighted by molar-refractivity contribution is 5.68. The Morgan fingerprint density at radius 1 is 0.947 bits per heavy atom. The minimum Gasteiger partial charge on any atom is -0.445 e. The Balaban J connectivity index is 1.65. The third-order valence-corrected chi connectivity index (χ3v) is 5.51. The minimum atomic E-state index is -1.09. The van der Waals surface area contributed by atoms with Gasteiger partial charge in [0.1, 0.15) is 18.4 Å². The van der Waals surface area contributed by atoms with Crippen molar-refractivity contribution >= 4 is 12.2 Å². The number of aliphatic hydroxyl groups excluding tert-OH is 1. The number of pyridine rings is 1. The number of carbonyl (C=O) groups excluding carboxylic acids is 2. The van der Waals surface area contributed by atoms with Crippen LogP contribution in [0.5, 0.6) is 0 Å². The average molecular weight is 521 g/mol. The predicted octanol–water partition coefficient (Wildman–Crippen LogP) is 5.26. The van der Waals surface area contributed by atoms with Crippen molar-refractivity contribution in [1.29, 1.82) is 0 Å². The second-order valence-electron chi connectivity index (χ2n) is 9.78. The van der Waals surface area contributed by atoms with E-state index in [1.54, 1.807) is 51.4 Å². The summed E-state index contributed by atoms with van der Waals surface area (Å²) >= 11 is 0. The standard InChI is InChI=1S/C29H36N4O5/c1-29(2,3)38-28(36)32-33(26(34)24-15-8-5-9-16-24)19-11-17-25(23-13-6-4-7-14-23)31-27(35)37-21-22-12-10-18-30-20-22/h4-10,12-16,18,20,25-26,34H,11,17,19,21H2,1-3H3,(H,31,35)(H,32,36). The van der Waals surface area contributed by atoms with Gasteiger partial charge < -0.3 is 19.9 Å². The zero-order valence-corrected chi connectivity index (χ0v) is 22.0. The fourth-order valence-electron chi connectivity index (χ4n) is 3.75. The molecule has 1 heterocycles. The Morgan fingerprint density at radius 3 is 2.21 bits per heavy atom. The van der Waals surface area contributed by atoms with Crippen molar-refractivity contribution in [3.8, 4) is 0 Å². The van der Waals surface area contributed by atoms with Crippen LogP contribution in [0, 0.1) is 0 Å². The summed E-state index contributed by atoms with van der Waals surface area (Å²) < 4.78 is 10.8. The van der Waals surface area contributed by atoms with E-state index in [4.69, 9.17) is 9.47 Å². The van der Waals surface area contributed by atoms with Crippen LogP contribution in [0.2, 0.25) is 0 Å². The molecule has 2 amide bonds.